The Morgan fingerprint density at radius 2 is 1.90 bits per heavy atom. The van der Waals surface area contributed by atoms with E-state index in [2.05, 4.69) is 29.2 Å². The molecule has 7 heteroatoms. The molecule has 0 saturated carbocycles. The van der Waals surface area contributed by atoms with Gasteiger partial charge in [-0.1, -0.05) is 20.3 Å². The molecule has 1 heterocycles. The van der Waals surface area contributed by atoms with E-state index in [0.717, 1.165) is 6.42 Å². The van der Waals surface area contributed by atoms with Gasteiger partial charge in [0.2, 0.25) is 11.8 Å². The van der Waals surface area contributed by atoms with Crippen molar-refractivity contribution in [2.75, 3.05) is 27.2 Å². The molecule has 1 saturated heterocycles. The van der Waals surface area contributed by atoms with Gasteiger partial charge in [0.25, 0.3) is 0 Å². The summed E-state index contributed by atoms with van der Waals surface area (Å²) in [5.41, 5.74) is 0. The second-order valence-electron chi connectivity index (χ2n) is 4.46. The van der Waals surface area contributed by atoms with Crippen LogP contribution >= 0.6 is 0 Å². The van der Waals surface area contributed by atoms with Gasteiger partial charge >= 0.3 is 6.09 Å². The van der Waals surface area contributed by atoms with Crippen molar-refractivity contribution in [2.24, 2.45) is 0 Å². The molecule has 2 N–H and O–H groups in total. The van der Waals surface area contributed by atoms with Crippen molar-refractivity contribution >= 4 is 17.9 Å². The van der Waals surface area contributed by atoms with Crippen LogP contribution in [0.1, 0.15) is 33.1 Å². The van der Waals surface area contributed by atoms with Gasteiger partial charge in [-0.15, -0.1) is 0 Å². The maximum absolute atomic E-state index is 11.6. The monoisotopic (exact) mass is 287 g/mol. The Hall–Kier alpha value is -1.79. The largest absolute Gasteiger partial charge is 0.453 e. The Balaban J connectivity index is 0.00000110. The summed E-state index contributed by atoms with van der Waals surface area (Å²) < 4.78 is 4.36. The molecule has 0 aromatic heterocycles. The van der Waals surface area contributed by atoms with Crippen molar-refractivity contribution in [1.29, 1.82) is 0 Å². The zero-order valence-electron chi connectivity index (χ0n) is 12.7. The standard InChI is InChI=1S/C10H17N3O4.C3H8/c1-11-8(14)5-7-3-4-13(7)9(15)6-12-10(16)17-2;1-3-2/h7H,3-6H2,1-2H3,(H,11,14)(H,12,16);3H2,1-2H3. The second kappa shape index (κ2) is 10.1. The number of hydrogen-bond acceptors (Lipinski definition) is 4. The van der Waals surface area contributed by atoms with Crippen LogP contribution in [0.3, 0.4) is 0 Å². The minimum atomic E-state index is -0.637. The fourth-order valence-corrected chi connectivity index (χ4v) is 1.62. The highest BCUT2D eigenvalue weighted by Gasteiger charge is 2.33. The van der Waals surface area contributed by atoms with Gasteiger partial charge in [-0.3, -0.25) is 9.59 Å². The van der Waals surface area contributed by atoms with E-state index in [1.807, 2.05) is 0 Å². The number of carbonyl (C=O) groups excluding carboxylic acids is 3. The van der Waals surface area contributed by atoms with Crippen LogP contribution in [-0.2, 0) is 14.3 Å². The van der Waals surface area contributed by atoms with E-state index in [9.17, 15) is 14.4 Å². The van der Waals surface area contributed by atoms with E-state index in [1.54, 1.807) is 11.9 Å². The Morgan fingerprint density at radius 1 is 1.30 bits per heavy atom. The van der Waals surface area contributed by atoms with Gasteiger partial charge in [0.05, 0.1) is 7.11 Å². The number of hydrogen-bond donors (Lipinski definition) is 2. The molecule has 0 bridgehead atoms. The van der Waals surface area contributed by atoms with Gasteiger partial charge in [-0.05, 0) is 6.42 Å². The number of methoxy groups -OCH3 is 1. The summed E-state index contributed by atoms with van der Waals surface area (Å²) in [6, 6.07) is -0.0538. The van der Waals surface area contributed by atoms with Gasteiger partial charge in [0.1, 0.15) is 6.54 Å². The Morgan fingerprint density at radius 3 is 2.30 bits per heavy atom. The van der Waals surface area contributed by atoms with Crippen LogP contribution in [0.5, 0.6) is 0 Å². The quantitative estimate of drug-likeness (QED) is 0.788. The molecule has 0 radical (unpaired) electrons. The highest BCUT2D eigenvalue weighted by atomic mass is 16.5. The van der Waals surface area contributed by atoms with E-state index < -0.39 is 6.09 Å². The lowest BCUT2D eigenvalue weighted by Crippen LogP contribution is -2.55. The molecule has 1 aliphatic rings. The van der Waals surface area contributed by atoms with Crippen molar-refractivity contribution < 1.29 is 19.1 Å². The first kappa shape index (κ1) is 18.2. The number of nitrogens with zero attached hydrogens (tertiary/aromatic N) is 1. The van der Waals surface area contributed by atoms with Gasteiger partial charge in [0, 0.05) is 26.1 Å². The summed E-state index contributed by atoms with van der Waals surface area (Å²) in [4.78, 5) is 35.2. The van der Waals surface area contributed by atoms with Crippen LogP contribution in [0.15, 0.2) is 0 Å². The third-order valence-electron chi connectivity index (χ3n) is 2.73. The summed E-state index contributed by atoms with van der Waals surface area (Å²) in [5, 5.41) is 4.83. The van der Waals surface area contributed by atoms with Crippen LogP contribution in [0, 0.1) is 0 Å². The summed E-state index contributed by atoms with van der Waals surface area (Å²) in [5.74, 6) is -0.288. The summed E-state index contributed by atoms with van der Waals surface area (Å²) >= 11 is 0. The van der Waals surface area contributed by atoms with Crippen LogP contribution in [0.4, 0.5) is 4.79 Å². The zero-order chi connectivity index (χ0) is 15.5. The third kappa shape index (κ3) is 6.40. The van der Waals surface area contributed by atoms with E-state index in [-0.39, 0.29) is 24.4 Å². The minimum absolute atomic E-state index is 0.0538. The van der Waals surface area contributed by atoms with Gasteiger partial charge in [-0.2, -0.15) is 0 Å². The molecule has 1 rings (SSSR count). The van der Waals surface area contributed by atoms with E-state index in [0.29, 0.717) is 13.0 Å². The Bertz CT molecular complexity index is 334. The van der Waals surface area contributed by atoms with Crippen LogP contribution < -0.4 is 10.6 Å². The minimum Gasteiger partial charge on any atom is -0.453 e. The third-order valence-corrected chi connectivity index (χ3v) is 2.73. The SMILES string of the molecule is CCC.CNC(=O)CC1CCN1C(=O)CNC(=O)OC. The lowest BCUT2D eigenvalue weighted by molar-refractivity contribution is -0.139. The van der Waals surface area contributed by atoms with Crippen LogP contribution in [0.25, 0.3) is 0 Å². The number of amides is 3. The molecule has 0 aliphatic carbocycles. The second-order valence-corrected chi connectivity index (χ2v) is 4.46. The lowest BCUT2D eigenvalue weighted by Gasteiger charge is -2.40. The summed E-state index contributed by atoms with van der Waals surface area (Å²) in [6.07, 6.45) is 1.74. The topological polar surface area (TPSA) is 87.7 Å². The van der Waals surface area contributed by atoms with Gasteiger partial charge in [0.15, 0.2) is 0 Å². The maximum atomic E-state index is 11.6. The molecule has 1 unspecified atom stereocenters. The number of likely N-dealkylation sites (tertiary alicyclic amines) is 1. The fourth-order valence-electron chi connectivity index (χ4n) is 1.62. The van der Waals surface area contributed by atoms with Crippen molar-refractivity contribution in [3.8, 4) is 0 Å². The van der Waals surface area contributed by atoms with E-state index in [1.165, 1.54) is 13.5 Å². The molecule has 7 nitrogen and oxygen atoms in total. The van der Waals surface area contributed by atoms with Gasteiger partial charge < -0.3 is 20.3 Å². The highest BCUT2D eigenvalue weighted by molar-refractivity contribution is 5.84. The molecule has 20 heavy (non-hydrogen) atoms. The zero-order valence-corrected chi connectivity index (χ0v) is 12.7. The summed E-state index contributed by atoms with van der Waals surface area (Å²) in [6.45, 7) is 4.78. The average molecular weight is 287 g/mol. The lowest BCUT2D eigenvalue weighted by atomic mass is 9.99. The maximum Gasteiger partial charge on any atom is 0.407 e. The molecule has 1 aliphatic heterocycles. The predicted octanol–water partition coefficient (Wildman–Crippen LogP) is 0.496. The predicted molar refractivity (Wildman–Crippen MR) is 75.2 cm³/mol. The molecule has 3 amide bonds. The first-order valence-corrected chi connectivity index (χ1v) is 6.81. The van der Waals surface area contributed by atoms with Crippen molar-refractivity contribution in [2.45, 2.75) is 39.2 Å². The van der Waals surface area contributed by atoms with Crippen molar-refractivity contribution in [1.82, 2.24) is 15.5 Å². The fraction of sp³-hybridized carbons (Fsp3) is 0.769. The summed E-state index contributed by atoms with van der Waals surface area (Å²) in [7, 11) is 2.80. The van der Waals surface area contributed by atoms with E-state index >= 15 is 0 Å². The number of ether oxygens (including phenoxy) is 1. The van der Waals surface area contributed by atoms with Crippen LogP contribution in [0.2, 0.25) is 0 Å². The highest BCUT2D eigenvalue weighted by Crippen LogP contribution is 2.20. The smallest absolute Gasteiger partial charge is 0.407 e. The molecular formula is C13H25N3O4. The van der Waals surface area contributed by atoms with Gasteiger partial charge in [-0.25, -0.2) is 4.79 Å². The molecule has 1 atom stereocenters. The molecular weight excluding hydrogens is 262 g/mol. The molecule has 0 spiro atoms. The number of alkyl carbamates (subject to hydrolysis) is 1. The normalized spacial score (nSPS) is 16.2. The number of carbonyl (C=O) groups is 3. The van der Waals surface area contributed by atoms with Crippen molar-refractivity contribution in [3.63, 3.8) is 0 Å². The number of nitrogens with one attached hydrogen (secondary N) is 2. The van der Waals surface area contributed by atoms with Crippen molar-refractivity contribution in [3.05, 3.63) is 0 Å². The average Bonchev–Trinajstić information content (AvgIpc) is 2.41. The number of rotatable bonds is 4. The first-order chi connectivity index (χ1) is 9.49. The molecule has 0 aromatic carbocycles. The van der Waals surface area contributed by atoms with E-state index in [4.69, 9.17) is 0 Å². The first-order valence-electron chi connectivity index (χ1n) is 6.81. The Kier molecular flexibility index (Phi) is 9.15. The molecule has 1 fully saturated rings. The van der Waals surface area contributed by atoms with Crippen LogP contribution in [-0.4, -0.2) is 56.1 Å². The molecule has 116 valence electrons. The Labute approximate surface area is 120 Å². The molecule has 0 aromatic rings.